The van der Waals surface area contributed by atoms with Crippen molar-refractivity contribution in [1.82, 2.24) is 0 Å². The maximum absolute atomic E-state index is 12.6. The zero-order chi connectivity index (χ0) is 21.9. The fourth-order valence-corrected chi connectivity index (χ4v) is 3.89. The number of amides is 1. The lowest BCUT2D eigenvalue weighted by Crippen LogP contribution is -2.14. The first-order valence-electron chi connectivity index (χ1n) is 9.27. The van der Waals surface area contributed by atoms with Crippen molar-refractivity contribution in [2.75, 3.05) is 12.4 Å². The summed E-state index contributed by atoms with van der Waals surface area (Å²) in [5.41, 5.74) is 3.61. The Hall–Kier alpha value is -3.32. The van der Waals surface area contributed by atoms with E-state index in [-0.39, 0.29) is 16.6 Å². The van der Waals surface area contributed by atoms with Gasteiger partial charge in [0.05, 0.1) is 7.11 Å². The number of carbonyl (C=O) groups excluding carboxylic acids is 1. The number of hydrogen-bond donors (Lipinski definition) is 1. The van der Waals surface area contributed by atoms with Gasteiger partial charge in [0.2, 0.25) is 0 Å². The van der Waals surface area contributed by atoms with Gasteiger partial charge in [-0.1, -0.05) is 17.7 Å². The van der Waals surface area contributed by atoms with Gasteiger partial charge in [-0.05, 0) is 80.4 Å². The van der Waals surface area contributed by atoms with Crippen molar-refractivity contribution in [1.29, 1.82) is 0 Å². The Balaban J connectivity index is 1.81. The molecule has 0 spiro atoms. The fraction of sp³-hybridized carbons (Fsp3) is 0.174. The lowest BCUT2D eigenvalue weighted by Gasteiger charge is -2.15. The number of ether oxygens (including phenoxy) is 1. The third kappa shape index (κ3) is 4.80. The molecule has 3 aromatic carbocycles. The number of nitrogens with one attached hydrogen (secondary N) is 1. The summed E-state index contributed by atoms with van der Waals surface area (Å²) >= 11 is 0. The lowest BCUT2D eigenvalue weighted by molar-refractivity contribution is 0.102. The molecule has 0 unspecified atom stereocenters. The van der Waals surface area contributed by atoms with Crippen LogP contribution in [0.15, 0.2) is 65.6 Å². The van der Waals surface area contributed by atoms with Crippen molar-refractivity contribution in [2.45, 2.75) is 25.7 Å². The summed E-state index contributed by atoms with van der Waals surface area (Å²) in [5, 5.41) is 2.89. The van der Waals surface area contributed by atoms with Gasteiger partial charge in [0.1, 0.15) is 16.4 Å². The van der Waals surface area contributed by atoms with Crippen LogP contribution < -0.4 is 14.2 Å². The Kier molecular flexibility index (Phi) is 6.12. The van der Waals surface area contributed by atoms with Crippen LogP contribution in [0.1, 0.15) is 27.0 Å². The molecule has 0 saturated heterocycles. The molecule has 0 aliphatic rings. The lowest BCUT2D eigenvalue weighted by atomic mass is 10.1. The molecule has 0 aromatic heterocycles. The van der Waals surface area contributed by atoms with Gasteiger partial charge in [-0.25, -0.2) is 0 Å². The Morgan fingerprint density at radius 3 is 1.93 bits per heavy atom. The molecule has 0 atom stereocenters. The second kappa shape index (κ2) is 8.59. The molecule has 0 heterocycles. The molecule has 156 valence electrons. The largest absolute Gasteiger partial charge is 0.497 e. The monoisotopic (exact) mass is 425 g/mol. The second-order valence-corrected chi connectivity index (χ2v) is 8.51. The fourth-order valence-electron chi connectivity index (χ4n) is 2.98. The Morgan fingerprint density at radius 2 is 1.40 bits per heavy atom. The zero-order valence-electron chi connectivity index (χ0n) is 17.2. The molecule has 3 aromatic rings. The van der Waals surface area contributed by atoms with Crippen LogP contribution in [0.4, 0.5) is 5.69 Å². The van der Waals surface area contributed by atoms with E-state index in [4.69, 9.17) is 8.92 Å². The third-order valence-corrected chi connectivity index (χ3v) is 5.87. The summed E-state index contributed by atoms with van der Waals surface area (Å²) in [6.45, 7) is 5.52. The van der Waals surface area contributed by atoms with E-state index < -0.39 is 10.1 Å². The third-order valence-electron chi connectivity index (χ3n) is 4.61. The number of rotatable bonds is 6. The smallest absolute Gasteiger partial charge is 0.339 e. The molecule has 1 N–H and O–H groups in total. The molecule has 0 aliphatic carbocycles. The minimum atomic E-state index is -4.00. The minimum Gasteiger partial charge on any atom is -0.497 e. The van der Waals surface area contributed by atoms with Gasteiger partial charge in [0, 0.05) is 11.3 Å². The van der Waals surface area contributed by atoms with E-state index in [1.54, 1.807) is 50.2 Å². The highest BCUT2D eigenvalue weighted by Crippen LogP contribution is 2.29. The van der Waals surface area contributed by atoms with Crippen LogP contribution in [0, 0.1) is 20.8 Å². The maximum atomic E-state index is 12.6. The topological polar surface area (TPSA) is 81.7 Å². The summed E-state index contributed by atoms with van der Waals surface area (Å²) in [6.07, 6.45) is 0. The van der Waals surface area contributed by atoms with Crippen LogP contribution in [0.3, 0.4) is 0 Å². The molecule has 0 radical (unpaired) electrons. The van der Waals surface area contributed by atoms with Crippen molar-refractivity contribution in [2.24, 2.45) is 0 Å². The van der Waals surface area contributed by atoms with Crippen molar-refractivity contribution in [3.63, 3.8) is 0 Å². The second-order valence-electron chi connectivity index (χ2n) is 6.97. The predicted molar refractivity (Wildman–Crippen MR) is 116 cm³/mol. The van der Waals surface area contributed by atoms with Gasteiger partial charge < -0.3 is 14.2 Å². The number of methoxy groups -OCH3 is 1. The molecule has 0 saturated carbocycles. The van der Waals surface area contributed by atoms with E-state index in [1.165, 1.54) is 19.2 Å². The first kappa shape index (κ1) is 21.4. The van der Waals surface area contributed by atoms with Crippen molar-refractivity contribution < 1.29 is 22.1 Å². The summed E-state index contributed by atoms with van der Waals surface area (Å²) in [7, 11) is -2.49. The normalized spacial score (nSPS) is 11.1. The summed E-state index contributed by atoms with van der Waals surface area (Å²) < 4.78 is 35.5. The van der Waals surface area contributed by atoms with Gasteiger partial charge in [0.15, 0.2) is 0 Å². The standard InChI is InChI=1S/C23H23NO5S/c1-15-5-7-18(8-6-15)23(25)24-22-16(2)13-20(14-17(22)3)29-30(26,27)21-11-9-19(28-4)10-12-21/h5-14H,1-4H3,(H,24,25). The van der Waals surface area contributed by atoms with E-state index in [2.05, 4.69) is 5.32 Å². The number of carbonyl (C=O) groups is 1. The van der Waals surface area contributed by atoms with Crippen molar-refractivity contribution in [3.05, 3.63) is 82.9 Å². The minimum absolute atomic E-state index is 0.0235. The van der Waals surface area contributed by atoms with Crippen LogP contribution in [0.2, 0.25) is 0 Å². The highest BCUT2D eigenvalue weighted by molar-refractivity contribution is 7.87. The molecule has 3 rings (SSSR count). The van der Waals surface area contributed by atoms with Crippen molar-refractivity contribution >= 4 is 21.7 Å². The number of hydrogen-bond acceptors (Lipinski definition) is 5. The summed E-state index contributed by atoms with van der Waals surface area (Å²) in [6, 6.07) is 16.4. The molecule has 7 heteroatoms. The Morgan fingerprint density at radius 1 is 0.833 bits per heavy atom. The van der Waals surface area contributed by atoms with E-state index in [9.17, 15) is 13.2 Å². The predicted octanol–water partition coefficient (Wildman–Crippen LogP) is 4.64. The molecule has 6 nitrogen and oxygen atoms in total. The van der Waals surface area contributed by atoms with E-state index in [0.717, 1.165) is 5.56 Å². The quantitative estimate of drug-likeness (QED) is 0.582. The van der Waals surface area contributed by atoms with Gasteiger partial charge >= 0.3 is 10.1 Å². The van der Waals surface area contributed by atoms with Gasteiger partial charge in [-0.2, -0.15) is 8.42 Å². The summed E-state index contributed by atoms with van der Waals surface area (Å²) in [5.74, 6) is 0.490. The first-order valence-corrected chi connectivity index (χ1v) is 10.7. The van der Waals surface area contributed by atoms with E-state index >= 15 is 0 Å². The van der Waals surface area contributed by atoms with Gasteiger partial charge in [0.25, 0.3) is 5.91 Å². The molecule has 1 amide bonds. The molecule has 0 fully saturated rings. The van der Waals surface area contributed by atoms with Crippen molar-refractivity contribution in [3.8, 4) is 11.5 Å². The SMILES string of the molecule is COc1ccc(S(=O)(=O)Oc2cc(C)c(NC(=O)c3ccc(C)cc3)c(C)c2)cc1. The Bertz CT molecular complexity index is 1140. The molecule has 30 heavy (non-hydrogen) atoms. The van der Waals surface area contributed by atoms with Crippen LogP contribution >= 0.6 is 0 Å². The number of aryl methyl sites for hydroxylation is 3. The average Bonchev–Trinajstić information content (AvgIpc) is 2.71. The first-order chi connectivity index (χ1) is 14.2. The van der Waals surface area contributed by atoms with E-state index in [0.29, 0.717) is 28.1 Å². The molecular weight excluding hydrogens is 402 g/mol. The maximum Gasteiger partial charge on any atom is 0.339 e. The highest BCUT2D eigenvalue weighted by atomic mass is 32.2. The molecule has 0 bridgehead atoms. The van der Waals surface area contributed by atoms with Crippen LogP contribution in [0.25, 0.3) is 0 Å². The Labute approximate surface area is 176 Å². The average molecular weight is 426 g/mol. The van der Waals surface area contributed by atoms with Gasteiger partial charge in [-0.3, -0.25) is 4.79 Å². The zero-order valence-corrected chi connectivity index (χ0v) is 18.0. The van der Waals surface area contributed by atoms with Gasteiger partial charge in [-0.15, -0.1) is 0 Å². The van der Waals surface area contributed by atoms with E-state index in [1.807, 2.05) is 19.1 Å². The highest BCUT2D eigenvalue weighted by Gasteiger charge is 2.19. The number of anilines is 1. The molecule has 0 aliphatic heterocycles. The van der Waals surface area contributed by atoms with Crippen LogP contribution in [0.5, 0.6) is 11.5 Å². The molecular formula is C23H23NO5S. The van der Waals surface area contributed by atoms with Crippen LogP contribution in [-0.2, 0) is 10.1 Å². The summed E-state index contributed by atoms with van der Waals surface area (Å²) in [4.78, 5) is 12.6. The number of benzene rings is 3. The van der Waals surface area contributed by atoms with Crippen LogP contribution in [-0.4, -0.2) is 21.4 Å².